The van der Waals surface area contributed by atoms with E-state index in [1.165, 1.54) is 31.2 Å². The number of hydrogen-bond acceptors (Lipinski definition) is 5. The van der Waals surface area contributed by atoms with E-state index in [4.69, 9.17) is 9.47 Å². The van der Waals surface area contributed by atoms with E-state index < -0.39 is 30.2 Å². The molecule has 4 rings (SSSR count). The van der Waals surface area contributed by atoms with E-state index in [0.717, 1.165) is 11.6 Å². The van der Waals surface area contributed by atoms with Crippen molar-refractivity contribution in [3.8, 4) is 11.3 Å². The number of nitrogens with zero attached hydrogens (tertiary/aromatic N) is 3. The predicted octanol–water partition coefficient (Wildman–Crippen LogP) is 4.92. The number of carbonyl (C=O) groups is 1. The quantitative estimate of drug-likeness (QED) is 0.467. The summed E-state index contributed by atoms with van der Waals surface area (Å²) in [5.74, 6) is -0.848. The van der Waals surface area contributed by atoms with Gasteiger partial charge in [-0.25, -0.2) is 14.2 Å². The van der Waals surface area contributed by atoms with Gasteiger partial charge < -0.3 is 24.1 Å². The number of fused-ring (bicyclic) bond motifs is 1. The van der Waals surface area contributed by atoms with Crippen LogP contribution in [0.15, 0.2) is 37.0 Å². The fraction of sp³-hybridized carbons (Fsp3) is 0.385. The number of imidazole rings is 1. The lowest BCUT2D eigenvalue weighted by atomic mass is 9.95. The number of aromatic nitrogens is 2. The maximum Gasteiger partial charge on any atom is 0.409 e. The maximum absolute atomic E-state index is 15.7. The Bertz CT molecular complexity index is 1320. The third kappa shape index (κ3) is 5.33. The summed E-state index contributed by atoms with van der Waals surface area (Å²) in [6.07, 6.45) is -2.12. The number of ether oxygens (including phenoxy) is 2. The first-order valence-corrected chi connectivity index (χ1v) is 11.7. The Morgan fingerprint density at radius 2 is 2.14 bits per heavy atom. The molecule has 1 N–H and O–H groups in total. The molecule has 37 heavy (non-hydrogen) atoms. The van der Waals surface area contributed by atoms with Gasteiger partial charge in [0.2, 0.25) is 0 Å². The Morgan fingerprint density at radius 1 is 1.38 bits per heavy atom. The zero-order chi connectivity index (χ0) is 26.9. The molecule has 2 atom stereocenters. The Kier molecular flexibility index (Phi) is 7.56. The van der Waals surface area contributed by atoms with Crippen molar-refractivity contribution in [2.45, 2.75) is 31.7 Å². The van der Waals surface area contributed by atoms with Crippen molar-refractivity contribution in [1.29, 1.82) is 0 Å². The Balaban J connectivity index is 1.83. The molecular formula is C26H28F4N4O3. The molecule has 2 aromatic heterocycles. The molecule has 1 fully saturated rings. The van der Waals surface area contributed by atoms with E-state index in [0.29, 0.717) is 24.5 Å². The first-order chi connectivity index (χ1) is 17.6. The van der Waals surface area contributed by atoms with Crippen LogP contribution in [0.3, 0.4) is 0 Å². The van der Waals surface area contributed by atoms with Crippen molar-refractivity contribution in [3.05, 3.63) is 65.2 Å². The van der Waals surface area contributed by atoms with Crippen molar-refractivity contribution >= 4 is 17.8 Å². The van der Waals surface area contributed by atoms with Crippen LogP contribution in [-0.2, 0) is 15.9 Å². The first kappa shape index (κ1) is 26.6. The van der Waals surface area contributed by atoms with Crippen LogP contribution in [0.5, 0.6) is 0 Å². The molecule has 1 aliphatic heterocycles. The summed E-state index contributed by atoms with van der Waals surface area (Å²) in [5, 5.41) is 2.20. The molecule has 0 spiro atoms. The van der Waals surface area contributed by atoms with Crippen molar-refractivity contribution in [3.63, 3.8) is 0 Å². The largest absolute Gasteiger partial charge is 0.453 e. The summed E-state index contributed by atoms with van der Waals surface area (Å²) < 4.78 is 68.8. The molecule has 0 saturated carbocycles. The molecule has 1 aromatic carbocycles. The normalized spacial score (nSPS) is 17.2. The smallest absolute Gasteiger partial charge is 0.409 e. The SMILES string of the molecule is C=Cc1cc(C(NC)C(F)(F)F)cc(F)c1-c1nc2cc(C)ccn2c1C[C@H]1CN(C(=O)OC)CCO1. The number of morpholine rings is 1. The van der Waals surface area contributed by atoms with Crippen LogP contribution in [0.1, 0.15) is 28.4 Å². The summed E-state index contributed by atoms with van der Waals surface area (Å²) in [6.45, 7) is 6.55. The van der Waals surface area contributed by atoms with Gasteiger partial charge >= 0.3 is 12.3 Å². The lowest BCUT2D eigenvalue weighted by molar-refractivity contribution is -0.156. The minimum Gasteiger partial charge on any atom is -0.453 e. The van der Waals surface area contributed by atoms with Gasteiger partial charge in [-0.3, -0.25) is 0 Å². The number of halogens is 4. The fourth-order valence-corrected chi connectivity index (χ4v) is 4.69. The molecule has 0 radical (unpaired) electrons. The van der Waals surface area contributed by atoms with Gasteiger partial charge in [0.1, 0.15) is 17.5 Å². The predicted molar refractivity (Wildman–Crippen MR) is 131 cm³/mol. The van der Waals surface area contributed by atoms with Gasteiger partial charge in [-0.15, -0.1) is 0 Å². The molecule has 0 aliphatic carbocycles. The molecule has 11 heteroatoms. The van der Waals surface area contributed by atoms with Crippen LogP contribution >= 0.6 is 0 Å². The highest BCUT2D eigenvalue weighted by Gasteiger charge is 2.40. The molecule has 1 unspecified atom stereocenters. The van der Waals surface area contributed by atoms with E-state index in [1.54, 1.807) is 10.6 Å². The lowest BCUT2D eigenvalue weighted by Crippen LogP contribution is -2.46. The number of nitrogens with one attached hydrogen (secondary N) is 1. The number of pyridine rings is 1. The fourth-order valence-electron chi connectivity index (χ4n) is 4.69. The monoisotopic (exact) mass is 520 g/mol. The Labute approximate surface area is 211 Å². The third-order valence-electron chi connectivity index (χ3n) is 6.42. The molecule has 7 nitrogen and oxygen atoms in total. The lowest BCUT2D eigenvalue weighted by Gasteiger charge is -2.32. The molecular weight excluding hydrogens is 492 g/mol. The number of amides is 1. The first-order valence-electron chi connectivity index (χ1n) is 11.7. The van der Waals surface area contributed by atoms with Crippen LogP contribution in [0.4, 0.5) is 22.4 Å². The maximum atomic E-state index is 15.7. The van der Waals surface area contributed by atoms with Gasteiger partial charge in [0.05, 0.1) is 37.8 Å². The van der Waals surface area contributed by atoms with Gasteiger partial charge in [-0.2, -0.15) is 13.2 Å². The summed E-state index contributed by atoms with van der Waals surface area (Å²) in [6, 6.07) is 3.81. The van der Waals surface area contributed by atoms with Crippen molar-refractivity contribution in [1.82, 2.24) is 19.6 Å². The second-order valence-electron chi connectivity index (χ2n) is 8.89. The van der Waals surface area contributed by atoms with E-state index in [9.17, 15) is 18.0 Å². The van der Waals surface area contributed by atoms with Crippen molar-refractivity contribution < 1.29 is 31.8 Å². The number of aryl methyl sites for hydroxylation is 1. The average molecular weight is 521 g/mol. The second kappa shape index (κ2) is 10.5. The van der Waals surface area contributed by atoms with Crippen molar-refractivity contribution in [2.75, 3.05) is 33.9 Å². The highest BCUT2D eigenvalue weighted by molar-refractivity contribution is 5.77. The standard InChI is InChI=1S/C26H28F4N4O3/c1-5-16-11-17(24(31-3)26(28,29)30)12-19(27)22(16)23-20(34-7-6-15(2)10-21(34)32-23)13-18-14-33(8-9-37-18)25(35)36-4/h5-7,10-12,18,24,31H,1,8-9,13-14H2,2-4H3/t18-,24?/m0/s1. The van der Waals surface area contributed by atoms with Crippen LogP contribution in [0, 0.1) is 12.7 Å². The van der Waals surface area contributed by atoms with Crippen LogP contribution in [-0.4, -0.2) is 66.5 Å². The molecule has 3 heterocycles. The highest BCUT2D eigenvalue weighted by atomic mass is 19.4. The van der Waals surface area contributed by atoms with Gasteiger partial charge in [0.15, 0.2) is 0 Å². The topological polar surface area (TPSA) is 68.1 Å². The number of hydrogen-bond donors (Lipinski definition) is 1. The van der Waals surface area contributed by atoms with Crippen molar-refractivity contribution in [2.24, 2.45) is 0 Å². The zero-order valence-electron chi connectivity index (χ0n) is 20.7. The molecule has 1 amide bonds. The molecule has 1 saturated heterocycles. The molecule has 0 bridgehead atoms. The number of benzene rings is 1. The van der Waals surface area contributed by atoms with E-state index in [1.807, 2.05) is 19.1 Å². The minimum absolute atomic E-state index is 0.0489. The Hall–Kier alpha value is -3.44. The number of methoxy groups -OCH3 is 1. The summed E-state index contributed by atoms with van der Waals surface area (Å²) in [4.78, 5) is 18.2. The van der Waals surface area contributed by atoms with E-state index >= 15 is 4.39 Å². The third-order valence-corrected chi connectivity index (χ3v) is 6.42. The average Bonchev–Trinajstić information content (AvgIpc) is 3.19. The number of alkyl halides is 3. The van der Waals surface area contributed by atoms with E-state index in [2.05, 4.69) is 16.9 Å². The summed E-state index contributed by atoms with van der Waals surface area (Å²) in [7, 11) is 2.47. The van der Waals surface area contributed by atoms with Crippen LogP contribution in [0.2, 0.25) is 0 Å². The minimum atomic E-state index is -4.61. The highest BCUT2D eigenvalue weighted by Crippen LogP contribution is 2.38. The van der Waals surface area contributed by atoms with E-state index in [-0.39, 0.29) is 35.3 Å². The van der Waals surface area contributed by atoms with Gasteiger partial charge in [-0.05, 0) is 54.9 Å². The number of carbonyl (C=O) groups excluding carboxylic acids is 1. The molecule has 198 valence electrons. The summed E-state index contributed by atoms with van der Waals surface area (Å²) >= 11 is 0. The Morgan fingerprint density at radius 3 is 2.78 bits per heavy atom. The van der Waals surface area contributed by atoms with Crippen LogP contribution < -0.4 is 5.32 Å². The zero-order valence-corrected chi connectivity index (χ0v) is 20.7. The van der Waals surface area contributed by atoms with Gasteiger partial charge in [0, 0.05) is 24.7 Å². The van der Waals surface area contributed by atoms with Gasteiger partial charge in [0.25, 0.3) is 0 Å². The summed E-state index contributed by atoms with van der Waals surface area (Å²) in [5.41, 5.74) is 2.32. The van der Waals surface area contributed by atoms with Gasteiger partial charge in [-0.1, -0.05) is 12.7 Å². The second-order valence-corrected chi connectivity index (χ2v) is 8.89. The number of rotatable bonds is 6. The van der Waals surface area contributed by atoms with Crippen LogP contribution in [0.25, 0.3) is 23.0 Å². The molecule has 1 aliphatic rings. The molecule has 3 aromatic rings.